The molecule has 1 atom stereocenters. The lowest BCUT2D eigenvalue weighted by Crippen LogP contribution is -2.46. The molecule has 0 saturated carbocycles. The number of nitrogens with one attached hydrogen (secondary N) is 2. The molecule has 0 saturated heterocycles. The van der Waals surface area contributed by atoms with E-state index in [1.54, 1.807) is 26.1 Å². The van der Waals surface area contributed by atoms with Gasteiger partial charge in [0.05, 0.1) is 5.52 Å². The summed E-state index contributed by atoms with van der Waals surface area (Å²) in [5.41, 5.74) is 1.60. The fourth-order valence-corrected chi connectivity index (χ4v) is 2.78. The molecule has 29 heavy (non-hydrogen) atoms. The molecule has 0 aliphatic rings. The topological polar surface area (TPSA) is 79.8 Å². The molecule has 3 rings (SSSR count). The van der Waals surface area contributed by atoms with E-state index in [4.69, 9.17) is 0 Å². The number of fused-ring (bicyclic) bond motifs is 1. The SMILES string of the molecule is CC(C)[C@@H](Nc1ccnc(-c2ccc3ncccc3c2)n1)C(=O)NCC(F)(F)F. The maximum Gasteiger partial charge on any atom is 0.405 e. The van der Waals surface area contributed by atoms with Crippen molar-refractivity contribution in [2.75, 3.05) is 11.9 Å². The zero-order chi connectivity index (χ0) is 21.0. The second-order valence-corrected chi connectivity index (χ2v) is 6.88. The number of alkyl halides is 3. The first-order valence-electron chi connectivity index (χ1n) is 9.02. The van der Waals surface area contributed by atoms with Crippen LogP contribution in [0.25, 0.3) is 22.3 Å². The van der Waals surface area contributed by atoms with Gasteiger partial charge in [-0.2, -0.15) is 13.2 Å². The van der Waals surface area contributed by atoms with Crippen LogP contribution in [-0.4, -0.2) is 39.6 Å². The Hall–Kier alpha value is -3.23. The summed E-state index contributed by atoms with van der Waals surface area (Å²) in [6.07, 6.45) is -1.23. The van der Waals surface area contributed by atoms with Crippen LogP contribution in [0.4, 0.5) is 19.0 Å². The molecule has 9 heteroatoms. The largest absolute Gasteiger partial charge is 0.405 e. The van der Waals surface area contributed by atoms with E-state index in [9.17, 15) is 18.0 Å². The number of nitrogens with zero attached hydrogens (tertiary/aromatic N) is 3. The van der Waals surface area contributed by atoms with Gasteiger partial charge in [-0.3, -0.25) is 9.78 Å². The molecule has 0 bridgehead atoms. The van der Waals surface area contributed by atoms with Gasteiger partial charge in [0.2, 0.25) is 5.91 Å². The molecule has 1 aromatic carbocycles. The Kier molecular flexibility index (Phi) is 5.95. The lowest BCUT2D eigenvalue weighted by Gasteiger charge is -2.22. The number of anilines is 1. The van der Waals surface area contributed by atoms with Crippen LogP contribution in [0.15, 0.2) is 48.8 Å². The van der Waals surface area contributed by atoms with Crippen molar-refractivity contribution >= 4 is 22.6 Å². The number of hydrogen-bond donors (Lipinski definition) is 2. The number of benzene rings is 1. The lowest BCUT2D eigenvalue weighted by atomic mass is 10.0. The molecule has 152 valence electrons. The van der Waals surface area contributed by atoms with Crippen molar-refractivity contribution in [1.29, 1.82) is 0 Å². The second-order valence-electron chi connectivity index (χ2n) is 6.88. The Labute approximate surface area is 165 Å². The third-order valence-electron chi connectivity index (χ3n) is 4.23. The minimum atomic E-state index is -4.47. The van der Waals surface area contributed by atoms with Gasteiger partial charge < -0.3 is 10.6 Å². The van der Waals surface area contributed by atoms with E-state index in [2.05, 4.69) is 20.3 Å². The smallest absolute Gasteiger partial charge is 0.358 e. The molecular formula is C20H20F3N5O. The zero-order valence-electron chi connectivity index (χ0n) is 15.9. The Morgan fingerprint density at radius 2 is 1.90 bits per heavy atom. The normalized spacial score (nSPS) is 12.8. The van der Waals surface area contributed by atoms with Crippen LogP contribution in [0.5, 0.6) is 0 Å². The van der Waals surface area contributed by atoms with Crippen molar-refractivity contribution in [3.05, 3.63) is 48.8 Å². The van der Waals surface area contributed by atoms with Crippen LogP contribution in [0.1, 0.15) is 13.8 Å². The van der Waals surface area contributed by atoms with E-state index in [1.165, 1.54) is 6.20 Å². The van der Waals surface area contributed by atoms with Crippen molar-refractivity contribution in [1.82, 2.24) is 20.3 Å². The molecule has 0 fully saturated rings. The highest BCUT2D eigenvalue weighted by molar-refractivity contribution is 5.85. The van der Waals surface area contributed by atoms with Crippen molar-refractivity contribution in [3.63, 3.8) is 0 Å². The lowest BCUT2D eigenvalue weighted by molar-refractivity contribution is -0.139. The Balaban J connectivity index is 1.80. The first kappa shape index (κ1) is 20.5. The van der Waals surface area contributed by atoms with E-state index in [0.29, 0.717) is 11.6 Å². The summed E-state index contributed by atoms with van der Waals surface area (Å²) in [7, 11) is 0. The van der Waals surface area contributed by atoms with Crippen LogP contribution in [-0.2, 0) is 4.79 Å². The van der Waals surface area contributed by atoms with Gasteiger partial charge >= 0.3 is 6.18 Å². The molecule has 3 aromatic rings. The number of carbonyl (C=O) groups excluding carboxylic acids is 1. The number of pyridine rings is 1. The molecule has 2 aromatic heterocycles. The van der Waals surface area contributed by atoms with Crippen LogP contribution in [0.2, 0.25) is 0 Å². The Bertz CT molecular complexity index is 1010. The van der Waals surface area contributed by atoms with Gasteiger partial charge in [0.25, 0.3) is 0 Å². The van der Waals surface area contributed by atoms with Gasteiger partial charge in [-0.1, -0.05) is 19.9 Å². The van der Waals surface area contributed by atoms with Crippen LogP contribution in [0, 0.1) is 5.92 Å². The number of halogens is 3. The number of aromatic nitrogens is 3. The van der Waals surface area contributed by atoms with Gasteiger partial charge in [-0.25, -0.2) is 9.97 Å². The van der Waals surface area contributed by atoms with Crippen molar-refractivity contribution < 1.29 is 18.0 Å². The summed E-state index contributed by atoms with van der Waals surface area (Å²) >= 11 is 0. The fraction of sp³-hybridized carbons (Fsp3) is 0.300. The predicted molar refractivity (Wildman–Crippen MR) is 104 cm³/mol. The fourth-order valence-electron chi connectivity index (χ4n) is 2.78. The summed E-state index contributed by atoms with van der Waals surface area (Å²) in [6.45, 7) is 2.10. The summed E-state index contributed by atoms with van der Waals surface area (Å²) < 4.78 is 37.2. The number of carbonyl (C=O) groups is 1. The Morgan fingerprint density at radius 3 is 2.62 bits per heavy atom. The van der Waals surface area contributed by atoms with E-state index in [-0.39, 0.29) is 5.92 Å². The third kappa shape index (κ3) is 5.40. The highest BCUT2D eigenvalue weighted by atomic mass is 19.4. The van der Waals surface area contributed by atoms with Gasteiger partial charge in [-0.15, -0.1) is 0 Å². The third-order valence-corrected chi connectivity index (χ3v) is 4.23. The van der Waals surface area contributed by atoms with Crippen LogP contribution < -0.4 is 10.6 Å². The molecule has 2 heterocycles. The maximum atomic E-state index is 12.4. The van der Waals surface area contributed by atoms with E-state index in [0.717, 1.165) is 16.5 Å². The monoisotopic (exact) mass is 403 g/mol. The highest BCUT2D eigenvalue weighted by Gasteiger charge is 2.30. The minimum Gasteiger partial charge on any atom is -0.358 e. The molecule has 0 spiro atoms. The van der Waals surface area contributed by atoms with Gasteiger partial charge in [-0.05, 0) is 36.2 Å². The zero-order valence-corrected chi connectivity index (χ0v) is 15.9. The van der Waals surface area contributed by atoms with Gasteiger partial charge in [0.1, 0.15) is 18.4 Å². The van der Waals surface area contributed by atoms with Gasteiger partial charge in [0.15, 0.2) is 5.82 Å². The average molecular weight is 403 g/mol. The van der Waals surface area contributed by atoms with E-state index >= 15 is 0 Å². The molecule has 1 amide bonds. The van der Waals surface area contributed by atoms with Crippen LogP contribution in [0.3, 0.4) is 0 Å². The first-order valence-corrected chi connectivity index (χ1v) is 9.02. The van der Waals surface area contributed by atoms with Crippen LogP contribution >= 0.6 is 0 Å². The predicted octanol–water partition coefficient (Wildman–Crippen LogP) is 3.81. The summed E-state index contributed by atoms with van der Waals surface area (Å²) in [5.74, 6) is -0.219. The van der Waals surface area contributed by atoms with Crippen molar-refractivity contribution in [2.45, 2.75) is 26.1 Å². The molecule has 0 radical (unpaired) electrons. The maximum absolute atomic E-state index is 12.4. The van der Waals surface area contributed by atoms with E-state index < -0.39 is 24.7 Å². The molecule has 0 unspecified atom stereocenters. The summed E-state index contributed by atoms with van der Waals surface area (Å²) in [4.78, 5) is 25.2. The summed E-state index contributed by atoms with van der Waals surface area (Å²) in [6, 6.07) is 10.0. The molecule has 0 aliphatic heterocycles. The Morgan fingerprint density at radius 1 is 1.10 bits per heavy atom. The average Bonchev–Trinajstić information content (AvgIpc) is 2.69. The number of hydrogen-bond acceptors (Lipinski definition) is 5. The standard InChI is InChI=1S/C20H20F3N5O/c1-12(2)17(19(29)26-11-20(21,22)23)27-16-7-9-25-18(28-16)14-5-6-15-13(10-14)4-3-8-24-15/h3-10,12,17H,11H2,1-2H3,(H,26,29)(H,25,27,28)/t17-/m1/s1. The number of amides is 1. The quantitative estimate of drug-likeness (QED) is 0.654. The molecule has 0 aliphatic carbocycles. The second kappa shape index (κ2) is 8.42. The molecule has 2 N–H and O–H groups in total. The van der Waals surface area contributed by atoms with E-state index in [1.807, 2.05) is 35.6 Å². The first-order chi connectivity index (χ1) is 13.7. The van der Waals surface area contributed by atoms with Gasteiger partial charge in [0, 0.05) is 23.3 Å². The minimum absolute atomic E-state index is 0.256. The van der Waals surface area contributed by atoms with Crippen molar-refractivity contribution in [2.24, 2.45) is 5.92 Å². The number of rotatable bonds is 6. The highest BCUT2D eigenvalue weighted by Crippen LogP contribution is 2.22. The van der Waals surface area contributed by atoms with Crippen molar-refractivity contribution in [3.8, 4) is 11.4 Å². The molecular weight excluding hydrogens is 383 g/mol. The molecule has 6 nitrogen and oxygen atoms in total. The summed E-state index contributed by atoms with van der Waals surface area (Å²) in [5, 5.41) is 5.76.